The van der Waals surface area contributed by atoms with Gasteiger partial charge in [-0.2, -0.15) is 0 Å². The minimum absolute atomic E-state index is 1.12. The Bertz CT molecular complexity index is 2220. The van der Waals surface area contributed by atoms with Crippen LogP contribution in [0.15, 0.2) is 128 Å². The molecule has 3 aromatic heterocycles. The molecule has 0 atom stereocenters. The largest absolute Gasteiger partial charge is 0.306 e. The van der Waals surface area contributed by atoms with Crippen molar-refractivity contribution in [3.63, 3.8) is 0 Å². The third-order valence-corrected chi connectivity index (χ3v) is 9.12. The molecule has 0 radical (unpaired) electrons. The maximum atomic E-state index is 4.30. The molecule has 4 heterocycles. The van der Waals surface area contributed by atoms with E-state index in [1.165, 1.54) is 59.0 Å². The van der Waals surface area contributed by atoms with Crippen molar-refractivity contribution in [2.75, 3.05) is 4.90 Å². The van der Waals surface area contributed by atoms with E-state index in [1.807, 2.05) is 29.8 Å². The summed E-state index contributed by atoms with van der Waals surface area (Å²) in [5.74, 6) is 0. The molecule has 39 heavy (non-hydrogen) atoms. The first-order chi connectivity index (χ1) is 19.3. The van der Waals surface area contributed by atoms with Crippen LogP contribution >= 0.6 is 11.3 Å². The molecule has 0 spiro atoms. The minimum atomic E-state index is 1.12. The van der Waals surface area contributed by atoms with Crippen molar-refractivity contribution in [2.45, 2.75) is 0 Å². The second-order valence-electron chi connectivity index (χ2n) is 10.1. The molecule has 0 bridgehead atoms. The molecule has 9 rings (SSSR count). The van der Waals surface area contributed by atoms with Crippen molar-refractivity contribution in [2.24, 2.45) is 0 Å². The first-order valence-electron chi connectivity index (χ1n) is 13.1. The Balaban J connectivity index is 1.33. The maximum absolute atomic E-state index is 4.30. The van der Waals surface area contributed by atoms with E-state index in [1.54, 1.807) is 0 Å². The zero-order chi connectivity index (χ0) is 25.5. The molecule has 0 saturated heterocycles. The number of benzene rings is 5. The summed E-state index contributed by atoms with van der Waals surface area (Å²) in [5, 5.41) is 5.25. The predicted molar refractivity (Wildman–Crippen MR) is 165 cm³/mol. The van der Waals surface area contributed by atoms with Crippen molar-refractivity contribution < 1.29 is 0 Å². The summed E-state index contributed by atoms with van der Waals surface area (Å²) in [5.41, 5.74) is 9.53. The van der Waals surface area contributed by atoms with E-state index >= 15 is 0 Å². The molecule has 0 N–H and O–H groups in total. The number of hydrogen-bond acceptors (Lipinski definition) is 3. The second-order valence-corrected chi connectivity index (χ2v) is 11.2. The third kappa shape index (κ3) is 2.89. The second kappa shape index (κ2) is 7.79. The Morgan fingerprint density at radius 1 is 0.538 bits per heavy atom. The molecular weight excluding hydrogens is 494 g/mol. The number of anilines is 3. The number of rotatable bonds is 2. The van der Waals surface area contributed by atoms with E-state index in [2.05, 4.69) is 124 Å². The highest BCUT2D eigenvalue weighted by Crippen LogP contribution is 2.50. The van der Waals surface area contributed by atoms with Gasteiger partial charge in [-0.15, -0.1) is 11.3 Å². The van der Waals surface area contributed by atoms with E-state index in [-0.39, 0.29) is 0 Å². The molecule has 5 aromatic carbocycles. The smallest absolute Gasteiger partial charge is 0.0783 e. The molecule has 4 heteroatoms. The van der Waals surface area contributed by atoms with Gasteiger partial charge < -0.3 is 9.47 Å². The summed E-state index contributed by atoms with van der Waals surface area (Å²) < 4.78 is 5.14. The third-order valence-electron chi connectivity index (χ3n) is 7.99. The molecular formula is C35H21N3S. The lowest BCUT2D eigenvalue weighted by Gasteiger charge is -2.33. The summed E-state index contributed by atoms with van der Waals surface area (Å²) >= 11 is 1.88. The molecule has 0 amide bonds. The summed E-state index contributed by atoms with van der Waals surface area (Å²) in [6, 6.07) is 41.9. The zero-order valence-corrected chi connectivity index (χ0v) is 21.7. The molecule has 0 saturated carbocycles. The van der Waals surface area contributed by atoms with Gasteiger partial charge in [0.1, 0.15) is 0 Å². The van der Waals surface area contributed by atoms with Crippen LogP contribution in [-0.4, -0.2) is 9.55 Å². The van der Waals surface area contributed by atoms with Gasteiger partial charge in [0.25, 0.3) is 0 Å². The Hall–Kier alpha value is -4.93. The van der Waals surface area contributed by atoms with Crippen LogP contribution in [0, 0.1) is 0 Å². The minimum Gasteiger partial charge on any atom is -0.306 e. The molecule has 0 unspecified atom stereocenters. The predicted octanol–water partition coefficient (Wildman–Crippen LogP) is 10.00. The van der Waals surface area contributed by atoms with Gasteiger partial charge in [-0.3, -0.25) is 4.98 Å². The fourth-order valence-corrected chi connectivity index (χ4v) is 7.40. The molecule has 0 aliphatic carbocycles. The molecule has 182 valence electrons. The van der Waals surface area contributed by atoms with Crippen LogP contribution in [0.2, 0.25) is 0 Å². The highest BCUT2D eigenvalue weighted by Gasteiger charge is 2.28. The number of hydrogen-bond donors (Lipinski definition) is 0. The number of thiophene rings is 1. The molecule has 0 fully saturated rings. The van der Waals surface area contributed by atoms with Crippen LogP contribution in [0.4, 0.5) is 17.1 Å². The highest BCUT2D eigenvalue weighted by atomic mass is 32.1. The number of aromatic nitrogens is 2. The Kier molecular flexibility index (Phi) is 4.21. The first kappa shape index (κ1) is 21.1. The standard InChI is InChI=1S/C35H21N3S/c1-4-13-33-25(8-1)28-19-27-26-9-5-12-31-35(26)38(32(27)20-34(28)39-33)30-11-3-2-10-29(30)37(31)24-16-14-22(15-17-24)23-7-6-18-36-21-23/h1-21H. The van der Waals surface area contributed by atoms with Crippen LogP contribution in [0.3, 0.4) is 0 Å². The van der Waals surface area contributed by atoms with Gasteiger partial charge in [-0.25, -0.2) is 0 Å². The van der Waals surface area contributed by atoms with Gasteiger partial charge in [0, 0.05) is 49.0 Å². The highest BCUT2D eigenvalue weighted by molar-refractivity contribution is 7.25. The average molecular weight is 516 g/mol. The van der Waals surface area contributed by atoms with E-state index in [0.717, 1.165) is 16.8 Å². The Morgan fingerprint density at radius 2 is 1.33 bits per heavy atom. The fraction of sp³-hybridized carbons (Fsp3) is 0. The normalized spacial score (nSPS) is 12.6. The lowest BCUT2D eigenvalue weighted by molar-refractivity contribution is 1.11. The number of fused-ring (bicyclic) bond motifs is 8. The number of para-hydroxylation sites is 3. The van der Waals surface area contributed by atoms with Gasteiger partial charge in [-0.1, -0.05) is 60.7 Å². The summed E-state index contributed by atoms with van der Waals surface area (Å²) in [6.45, 7) is 0. The molecule has 1 aliphatic heterocycles. The summed E-state index contributed by atoms with van der Waals surface area (Å²) in [4.78, 5) is 6.70. The van der Waals surface area contributed by atoms with Crippen LogP contribution in [0.5, 0.6) is 0 Å². The van der Waals surface area contributed by atoms with Crippen molar-refractivity contribution in [3.05, 3.63) is 128 Å². The van der Waals surface area contributed by atoms with E-state index < -0.39 is 0 Å². The van der Waals surface area contributed by atoms with Gasteiger partial charge in [0.05, 0.1) is 28.1 Å². The van der Waals surface area contributed by atoms with Crippen LogP contribution < -0.4 is 4.90 Å². The zero-order valence-electron chi connectivity index (χ0n) is 20.9. The topological polar surface area (TPSA) is 21.1 Å². The number of pyridine rings is 1. The van der Waals surface area contributed by atoms with Crippen LogP contribution in [0.1, 0.15) is 0 Å². The van der Waals surface area contributed by atoms with Gasteiger partial charge in [0.2, 0.25) is 0 Å². The number of nitrogens with zero attached hydrogens (tertiary/aromatic N) is 3. The van der Waals surface area contributed by atoms with Gasteiger partial charge in [-0.05, 0) is 65.7 Å². The summed E-state index contributed by atoms with van der Waals surface area (Å²) in [7, 11) is 0. The lowest BCUT2D eigenvalue weighted by atomic mass is 10.0. The van der Waals surface area contributed by atoms with Crippen molar-refractivity contribution in [1.82, 2.24) is 9.55 Å². The van der Waals surface area contributed by atoms with Crippen LogP contribution in [0.25, 0.3) is 58.8 Å². The van der Waals surface area contributed by atoms with E-state index in [4.69, 9.17) is 0 Å². The Morgan fingerprint density at radius 3 is 2.21 bits per heavy atom. The van der Waals surface area contributed by atoms with Gasteiger partial charge in [0.15, 0.2) is 0 Å². The van der Waals surface area contributed by atoms with Gasteiger partial charge >= 0.3 is 0 Å². The summed E-state index contributed by atoms with van der Waals surface area (Å²) in [6.07, 6.45) is 3.73. The fourth-order valence-electron chi connectivity index (χ4n) is 6.28. The SMILES string of the molecule is c1cncc(-c2ccc(N3c4ccccc4-n4c5cc6sc7ccccc7c6cc5c5cccc3c54)cc2)c1. The van der Waals surface area contributed by atoms with E-state index in [0.29, 0.717) is 0 Å². The van der Waals surface area contributed by atoms with Crippen molar-refractivity contribution in [3.8, 4) is 16.8 Å². The Labute approximate surface area is 228 Å². The monoisotopic (exact) mass is 515 g/mol. The average Bonchev–Trinajstić information content (AvgIpc) is 3.53. The lowest BCUT2D eigenvalue weighted by Crippen LogP contribution is -2.17. The van der Waals surface area contributed by atoms with E-state index in [9.17, 15) is 0 Å². The molecule has 8 aromatic rings. The molecule has 1 aliphatic rings. The molecule has 3 nitrogen and oxygen atoms in total. The quantitative estimate of drug-likeness (QED) is 0.228. The van der Waals surface area contributed by atoms with Crippen molar-refractivity contribution >= 4 is 70.4 Å². The maximum Gasteiger partial charge on any atom is 0.0783 e. The van der Waals surface area contributed by atoms with Crippen molar-refractivity contribution in [1.29, 1.82) is 0 Å². The first-order valence-corrected chi connectivity index (χ1v) is 14.0. The van der Waals surface area contributed by atoms with Crippen LogP contribution in [-0.2, 0) is 0 Å².